The second-order valence-corrected chi connectivity index (χ2v) is 6.52. The van der Waals surface area contributed by atoms with Crippen molar-refractivity contribution >= 4 is 22.5 Å². The number of piperazine rings is 1. The number of para-hydroxylation sites is 1. The van der Waals surface area contributed by atoms with Crippen LogP contribution in [-0.4, -0.2) is 41.6 Å². The summed E-state index contributed by atoms with van der Waals surface area (Å²) in [7, 11) is 1.77. The van der Waals surface area contributed by atoms with Gasteiger partial charge < -0.3 is 14.4 Å². The normalized spacial score (nSPS) is 14.9. The zero-order valence-electron chi connectivity index (χ0n) is 14.5. The summed E-state index contributed by atoms with van der Waals surface area (Å²) in [6, 6.07) is 13.0. The number of anilines is 1. The fourth-order valence-electron chi connectivity index (χ4n) is 3.53. The van der Waals surface area contributed by atoms with Gasteiger partial charge in [-0.3, -0.25) is 4.79 Å². The molecule has 0 bridgehead atoms. The van der Waals surface area contributed by atoms with E-state index in [-0.39, 0.29) is 17.5 Å². The van der Waals surface area contributed by atoms with E-state index in [1.807, 2.05) is 11.0 Å². The van der Waals surface area contributed by atoms with Gasteiger partial charge in [-0.05, 0) is 36.4 Å². The number of aryl methyl sites for hydroxylation is 1. The predicted molar refractivity (Wildman–Crippen MR) is 97.4 cm³/mol. The third-order valence-electron chi connectivity index (χ3n) is 4.99. The van der Waals surface area contributed by atoms with Crippen molar-refractivity contribution in [2.24, 2.45) is 7.05 Å². The summed E-state index contributed by atoms with van der Waals surface area (Å²) in [6.07, 6.45) is 0. The van der Waals surface area contributed by atoms with Crippen molar-refractivity contribution in [2.45, 2.75) is 0 Å². The number of fused-ring (bicyclic) bond motifs is 1. The number of amides is 1. The molecule has 0 aliphatic carbocycles. The van der Waals surface area contributed by atoms with Gasteiger partial charge in [0.2, 0.25) is 0 Å². The highest BCUT2D eigenvalue weighted by Gasteiger charge is 2.25. The van der Waals surface area contributed by atoms with E-state index in [1.165, 1.54) is 18.2 Å². The highest BCUT2D eigenvalue weighted by atomic mass is 19.1. The molecular formula is C20H19F2N3O. The van der Waals surface area contributed by atoms with Gasteiger partial charge in [0, 0.05) is 38.6 Å². The molecule has 0 N–H and O–H groups in total. The van der Waals surface area contributed by atoms with Crippen molar-refractivity contribution in [3.63, 3.8) is 0 Å². The standard InChI is InChI=1S/C20H19F2N3O/c1-23-18-13-15(21)7-6-14(18)12-19(23)20(26)25-10-8-24(9-11-25)17-5-3-2-4-16(17)22/h2-7,12-13H,8-11H2,1H3. The molecule has 0 unspecified atom stereocenters. The Morgan fingerprint density at radius 3 is 2.42 bits per heavy atom. The van der Waals surface area contributed by atoms with Crippen molar-refractivity contribution in [3.8, 4) is 0 Å². The van der Waals surface area contributed by atoms with Crippen LogP contribution in [0.3, 0.4) is 0 Å². The summed E-state index contributed by atoms with van der Waals surface area (Å²) >= 11 is 0. The topological polar surface area (TPSA) is 28.5 Å². The third-order valence-corrected chi connectivity index (χ3v) is 4.99. The maximum Gasteiger partial charge on any atom is 0.270 e. The van der Waals surface area contributed by atoms with E-state index in [1.54, 1.807) is 40.8 Å². The number of aromatic nitrogens is 1. The van der Waals surface area contributed by atoms with Crippen LogP contribution in [0.25, 0.3) is 10.9 Å². The minimum absolute atomic E-state index is 0.0858. The lowest BCUT2D eigenvalue weighted by Gasteiger charge is -2.36. The number of carbonyl (C=O) groups is 1. The maximum absolute atomic E-state index is 13.9. The molecule has 4 nitrogen and oxygen atoms in total. The molecule has 0 radical (unpaired) electrons. The van der Waals surface area contributed by atoms with Crippen LogP contribution in [0.2, 0.25) is 0 Å². The highest BCUT2D eigenvalue weighted by Crippen LogP contribution is 2.23. The number of hydrogen-bond donors (Lipinski definition) is 0. The first-order chi connectivity index (χ1) is 12.5. The number of nitrogens with zero attached hydrogens (tertiary/aromatic N) is 3. The van der Waals surface area contributed by atoms with Crippen molar-refractivity contribution < 1.29 is 13.6 Å². The van der Waals surface area contributed by atoms with E-state index in [0.29, 0.717) is 43.1 Å². The largest absolute Gasteiger partial charge is 0.366 e. The van der Waals surface area contributed by atoms with Crippen LogP contribution in [0.15, 0.2) is 48.5 Å². The van der Waals surface area contributed by atoms with Gasteiger partial charge in [0.15, 0.2) is 0 Å². The Morgan fingerprint density at radius 1 is 0.962 bits per heavy atom. The monoisotopic (exact) mass is 355 g/mol. The smallest absolute Gasteiger partial charge is 0.270 e. The van der Waals surface area contributed by atoms with E-state index < -0.39 is 0 Å². The second kappa shape index (κ2) is 6.44. The molecule has 1 saturated heterocycles. The van der Waals surface area contributed by atoms with Gasteiger partial charge in [-0.25, -0.2) is 8.78 Å². The summed E-state index contributed by atoms with van der Waals surface area (Å²) in [5, 5.41) is 0.835. The molecule has 0 saturated carbocycles. The Hall–Kier alpha value is -2.89. The number of carbonyl (C=O) groups excluding carboxylic acids is 1. The van der Waals surface area contributed by atoms with Gasteiger partial charge in [0.05, 0.1) is 11.2 Å². The van der Waals surface area contributed by atoms with Crippen molar-refractivity contribution in [3.05, 3.63) is 65.9 Å². The molecule has 1 fully saturated rings. The lowest BCUT2D eigenvalue weighted by molar-refractivity contribution is 0.0737. The minimum atomic E-state index is -0.323. The number of benzene rings is 2. The Balaban J connectivity index is 1.52. The summed E-state index contributed by atoms with van der Waals surface area (Å²) in [4.78, 5) is 16.6. The van der Waals surface area contributed by atoms with E-state index >= 15 is 0 Å². The average Bonchev–Trinajstić information content (AvgIpc) is 2.98. The maximum atomic E-state index is 13.9. The van der Waals surface area contributed by atoms with E-state index in [0.717, 1.165) is 5.39 Å². The number of rotatable bonds is 2. The SMILES string of the molecule is Cn1c(C(=O)N2CCN(c3ccccc3F)CC2)cc2ccc(F)cc21. The molecule has 3 aromatic rings. The van der Waals surface area contributed by atoms with Gasteiger partial charge >= 0.3 is 0 Å². The molecule has 0 spiro atoms. The van der Waals surface area contributed by atoms with E-state index in [9.17, 15) is 13.6 Å². The van der Waals surface area contributed by atoms with Crippen molar-refractivity contribution in [1.82, 2.24) is 9.47 Å². The Morgan fingerprint density at radius 2 is 1.69 bits per heavy atom. The van der Waals surface area contributed by atoms with Crippen LogP contribution in [-0.2, 0) is 7.05 Å². The van der Waals surface area contributed by atoms with Crippen LogP contribution >= 0.6 is 0 Å². The molecule has 4 rings (SSSR count). The van der Waals surface area contributed by atoms with Crippen LogP contribution in [0, 0.1) is 11.6 Å². The van der Waals surface area contributed by atoms with Gasteiger partial charge in [-0.2, -0.15) is 0 Å². The summed E-state index contributed by atoms with van der Waals surface area (Å²) in [5.74, 6) is -0.656. The molecule has 6 heteroatoms. The third kappa shape index (κ3) is 2.81. The van der Waals surface area contributed by atoms with Crippen LogP contribution in [0.4, 0.5) is 14.5 Å². The molecule has 1 amide bonds. The van der Waals surface area contributed by atoms with Crippen molar-refractivity contribution in [1.29, 1.82) is 0 Å². The quantitative estimate of drug-likeness (QED) is 0.705. The molecule has 1 aliphatic rings. The first-order valence-corrected chi connectivity index (χ1v) is 8.58. The summed E-state index contributed by atoms with van der Waals surface area (Å²) in [5.41, 5.74) is 1.79. The molecule has 134 valence electrons. The molecule has 0 atom stereocenters. The fourth-order valence-corrected chi connectivity index (χ4v) is 3.53. The average molecular weight is 355 g/mol. The number of halogens is 2. The zero-order valence-corrected chi connectivity index (χ0v) is 14.5. The second-order valence-electron chi connectivity index (χ2n) is 6.52. The first-order valence-electron chi connectivity index (χ1n) is 8.58. The summed E-state index contributed by atoms with van der Waals surface area (Å²) in [6.45, 7) is 2.18. The first kappa shape index (κ1) is 16.6. The Labute approximate surface area is 150 Å². The Kier molecular flexibility index (Phi) is 4.11. The molecule has 2 aromatic carbocycles. The Bertz CT molecular complexity index is 974. The fraction of sp³-hybridized carbons (Fsp3) is 0.250. The molecular weight excluding hydrogens is 336 g/mol. The van der Waals surface area contributed by atoms with E-state index in [2.05, 4.69) is 0 Å². The number of hydrogen-bond acceptors (Lipinski definition) is 2. The van der Waals surface area contributed by atoms with Gasteiger partial charge in [0.25, 0.3) is 5.91 Å². The van der Waals surface area contributed by atoms with Gasteiger partial charge in [-0.1, -0.05) is 12.1 Å². The lowest BCUT2D eigenvalue weighted by atomic mass is 10.2. The minimum Gasteiger partial charge on any atom is -0.366 e. The van der Waals surface area contributed by atoms with E-state index in [4.69, 9.17) is 0 Å². The molecule has 1 aromatic heterocycles. The molecule has 26 heavy (non-hydrogen) atoms. The van der Waals surface area contributed by atoms with Crippen LogP contribution in [0.5, 0.6) is 0 Å². The summed E-state index contributed by atoms with van der Waals surface area (Å²) < 4.78 is 29.1. The van der Waals surface area contributed by atoms with Gasteiger partial charge in [-0.15, -0.1) is 0 Å². The predicted octanol–water partition coefficient (Wildman–Crippen LogP) is 3.42. The molecule has 2 heterocycles. The molecule has 1 aliphatic heterocycles. The van der Waals surface area contributed by atoms with Crippen molar-refractivity contribution in [2.75, 3.05) is 31.1 Å². The highest BCUT2D eigenvalue weighted by molar-refractivity contribution is 5.98. The lowest BCUT2D eigenvalue weighted by Crippen LogP contribution is -2.49. The van der Waals surface area contributed by atoms with Gasteiger partial charge in [0.1, 0.15) is 17.3 Å². The zero-order chi connectivity index (χ0) is 18.3. The van der Waals surface area contributed by atoms with Crippen LogP contribution in [0.1, 0.15) is 10.5 Å². The van der Waals surface area contributed by atoms with Crippen LogP contribution < -0.4 is 4.90 Å².